The molecule has 0 bridgehead atoms. The van der Waals surface area contributed by atoms with Gasteiger partial charge in [0.15, 0.2) is 6.61 Å². The fourth-order valence-electron chi connectivity index (χ4n) is 1.58. The summed E-state index contributed by atoms with van der Waals surface area (Å²) >= 11 is 0. The summed E-state index contributed by atoms with van der Waals surface area (Å²) in [6.45, 7) is 5.47. The van der Waals surface area contributed by atoms with Crippen molar-refractivity contribution in [2.45, 2.75) is 33.2 Å². The fourth-order valence-corrected chi connectivity index (χ4v) is 1.58. The lowest BCUT2D eigenvalue weighted by molar-refractivity contribution is -0.124. The molecule has 1 atom stereocenters. The van der Waals surface area contributed by atoms with Crippen LogP contribution in [0.5, 0.6) is 5.75 Å². The standard InChI is InChI=1S/C15H21NO4/c1-5-11(3)16-14(17)9-20-15(18)12-7-6-10(2)13(8-12)19-4/h6-8,11H,5,9H2,1-4H3,(H,16,17)/t11-/m1/s1. The Hall–Kier alpha value is -2.04. The van der Waals surface area contributed by atoms with E-state index in [2.05, 4.69) is 5.32 Å². The minimum Gasteiger partial charge on any atom is -0.496 e. The van der Waals surface area contributed by atoms with Crippen LogP contribution in [0.4, 0.5) is 0 Å². The van der Waals surface area contributed by atoms with Crippen LogP contribution in [0.3, 0.4) is 0 Å². The zero-order valence-electron chi connectivity index (χ0n) is 12.4. The molecule has 0 aliphatic heterocycles. The Balaban J connectivity index is 2.57. The van der Waals surface area contributed by atoms with E-state index in [1.54, 1.807) is 18.2 Å². The van der Waals surface area contributed by atoms with Crippen LogP contribution in [0.25, 0.3) is 0 Å². The Labute approximate surface area is 119 Å². The van der Waals surface area contributed by atoms with Crippen molar-refractivity contribution in [3.8, 4) is 5.75 Å². The zero-order valence-corrected chi connectivity index (χ0v) is 12.4. The lowest BCUT2D eigenvalue weighted by atomic mass is 10.1. The first kappa shape index (κ1) is 16.0. The van der Waals surface area contributed by atoms with Crippen LogP contribution in [-0.4, -0.2) is 31.6 Å². The topological polar surface area (TPSA) is 64.6 Å². The van der Waals surface area contributed by atoms with Gasteiger partial charge in [0.05, 0.1) is 12.7 Å². The number of rotatable bonds is 6. The highest BCUT2D eigenvalue weighted by molar-refractivity contribution is 5.91. The number of carbonyl (C=O) groups is 2. The van der Waals surface area contributed by atoms with Gasteiger partial charge in [-0.25, -0.2) is 4.79 Å². The number of hydrogen-bond donors (Lipinski definition) is 1. The molecular formula is C15H21NO4. The van der Waals surface area contributed by atoms with Crippen molar-refractivity contribution in [3.05, 3.63) is 29.3 Å². The molecule has 0 saturated heterocycles. The Morgan fingerprint density at radius 2 is 2.05 bits per heavy atom. The number of hydrogen-bond acceptors (Lipinski definition) is 4. The van der Waals surface area contributed by atoms with E-state index in [9.17, 15) is 9.59 Å². The maximum atomic E-state index is 11.8. The zero-order chi connectivity index (χ0) is 15.1. The second kappa shape index (κ2) is 7.53. The molecule has 20 heavy (non-hydrogen) atoms. The molecule has 0 saturated carbocycles. The highest BCUT2D eigenvalue weighted by Crippen LogP contribution is 2.19. The number of nitrogens with one attached hydrogen (secondary N) is 1. The first-order chi connectivity index (χ1) is 9.47. The lowest BCUT2D eigenvalue weighted by Crippen LogP contribution is -2.35. The molecule has 0 aliphatic carbocycles. The quantitative estimate of drug-likeness (QED) is 0.810. The number of carbonyl (C=O) groups excluding carboxylic acids is 2. The third kappa shape index (κ3) is 4.57. The Morgan fingerprint density at radius 1 is 1.35 bits per heavy atom. The van der Waals surface area contributed by atoms with Crippen molar-refractivity contribution < 1.29 is 19.1 Å². The molecule has 0 spiro atoms. The molecule has 1 aromatic rings. The first-order valence-corrected chi connectivity index (χ1v) is 6.59. The van der Waals surface area contributed by atoms with Crippen LogP contribution in [0.15, 0.2) is 18.2 Å². The normalized spacial score (nSPS) is 11.6. The van der Waals surface area contributed by atoms with Crippen molar-refractivity contribution in [2.24, 2.45) is 0 Å². The summed E-state index contributed by atoms with van der Waals surface area (Å²) in [7, 11) is 1.54. The van der Waals surface area contributed by atoms with Crippen LogP contribution in [-0.2, 0) is 9.53 Å². The Kier molecular flexibility index (Phi) is 6.03. The van der Waals surface area contributed by atoms with Gasteiger partial charge in [0.1, 0.15) is 5.75 Å². The third-order valence-corrected chi connectivity index (χ3v) is 3.00. The molecule has 0 fully saturated rings. The average Bonchev–Trinajstić information content (AvgIpc) is 2.45. The highest BCUT2D eigenvalue weighted by atomic mass is 16.5. The van der Waals surface area contributed by atoms with E-state index in [1.165, 1.54) is 7.11 Å². The Morgan fingerprint density at radius 3 is 2.65 bits per heavy atom. The van der Waals surface area contributed by atoms with E-state index in [4.69, 9.17) is 9.47 Å². The number of aryl methyl sites for hydroxylation is 1. The third-order valence-electron chi connectivity index (χ3n) is 3.00. The van der Waals surface area contributed by atoms with Gasteiger partial charge in [-0.15, -0.1) is 0 Å². The van der Waals surface area contributed by atoms with E-state index in [0.29, 0.717) is 11.3 Å². The van der Waals surface area contributed by atoms with Gasteiger partial charge in [0, 0.05) is 6.04 Å². The summed E-state index contributed by atoms with van der Waals surface area (Å²) in [5.74, 6) is -0.224. The highest BCUT2D eigenvalue weighted by Gasteiger charge is 2.13. The minimum atomic E-state index is -0.539. The molecule has 1 N–H and O–H groups in total. The smallest absolute Gasteiger partial charge is 0.338 e. The van der Waals surface area contributed by atoms with Crippen LogP contribution in [0.1, 0.15) is 36.2 Å². The molecule has 110 valence electrons. The van der Waals surface area contributed by atoms with Crippen LogP contribution in [0.2, 0.25) is 0 Å². The largest absolute Gasteiger partial charge is 0.496 e. The molecule has 0 heterocycles. The predicted octanol–water partition coefficient (Wildman–Crippen LogP) is 2.08. The molecule has 5 heteroatoms. The van der Waals surface area contributed by atoms with Crippen LogP contribution < -0.4 is 10.1 Å². The number of methoxy groups -OCH3 is 1. The summed E-state index contributed by atoms with van der Waals surface area (Å²) in [5.41, 5.74) is 1.29. The SMILES string of the molecule is CC[C@@H](C)NC(=O)COC(=O)c1ccc(C)c(OC)c1. The lowest BCUT2D eigenvalue weighted by Gasteiger charge is -2.12. The van der Waals surface area contributed by atoms with Gasteiger partial charge in [0.25, 0.3) is 5.91 Å². The Bertz CT molecular complexity index is 485. The van der Waals surface area contributed by atoms with E-state index < -0.39 is 5.97 Å². The van der Waals surface area contributed by atoms with Crippen molar-refractivity contribution >= 4 is 11.9 Å². The molecular weight excluding hydrogens is 258 g/mol. The molecule has 5 nitrogen and oxygen atoms in total. The number of amides is 1. The summed E-state index contributed by atoms with van der Waals surface area (Å²) in [6, 6.07) is 5.09. The monoisotopic (exact) mass is 279 g/mol. The number of esters is 1. The van der Waals surface area contributed by atoms with E-state index >= 15 is 0 Å². The van der Waals surface area contributed by atoms with Crippen molar-refractivity contribution in [1.82, 2.24) is 5.32 Å². The van der Waals surface area contributed by atoms with E-state index in [1.807, 2.05) is 20.8 Å². The summed E-state index contributed by atoms with van der Waals surface area (Å²) < 4.78 is 10.1. The van der Waals surface area contributed by atoms with Crippen molar-refractivity contribution in [1.29, 1.82) is 0 Å². The molecule has 0 aliphatic rings. The summed E-state index contributed by atoms with van der Waals surface area (Å²) in [6.07, 6.45) is 0.828. The second-order valence-corrected chi connectivity index (χ2v) is 4.64. The first-order valence-electron chi connectivity index (χ1n) is 6.59. The van der Waals surface area contributed by atoms with E-state index in [0.717, 1.165) is 12.0 Å². The molecule has 1 amide bonds. The number of benzene rings is 1. The second-order valence-electron chi connectivity index (χ2n) is 4.64. The van der Waals surface area contributed by atoms with Crippen LogP contribution in [0, 0.1) is 6.92 Å². The van der Waals surface area contributed by atoms with Gasteiger partial charge in [0.2, 0.25) is 0 Å². The molecule has 1 aromatic carbocycles. The maximum Gasteiger partial charge on any atom is 0.338 e. The van der Waals surface area contributed by atoms with Crippen molar-refractivity contribution in [3.63, 3.8) is 0 Å². The average molecular weight is 279 g/mol. The summed E-state index contributed by atoms with van der Waals surface area (Å²) in [4.78, 5) is 23.3. The summed E-state index contributed by atoms with van der Waals surface area (Å²) in [5, 5.41) is 2.73. The van der Waals surface area contributed by atoms with Crippen molar-refractivity contribution in [2.75, 3.05) is 13.7 Å². The minimum absolute atomic E-state index is 0.0701. The van der Waals surface area contributed by atoms with E-state index in [-0.39, 0.29) is 18.6 Å². The van der Waals surface area contributed by atoms with Gasteiger partial charge >= 0.3 is 5.97 Å². The fraction of sp³-hybridized carbons (Fsp3) is 0.467. The maximum absolute atomic E-state index is 11.8. The van der Waals surface area contributed by atoms with Gasteiger partial charge in [-0.1, -0.05) is 13.0 Å². The molecule has 0 aromatic heterocycles. The number of ether oxygens (including phenoxy) is 2. The van der Waals surface area contributed by atoms with Crippen LogP contribution >= 0.6 is 0 Å². The molecule has 1 rings (SSSR count). The molecule has 0 radical (unpaired) electrons. The van der Waals surface area contributed by atoms with Gasteiger partial charge in [-0.05, 0) is 38.0 Å². The van der Waals surface area contributed by atoms with Gasteiger partial charge < -0.3 is 14.8 Å². The van der Waals surface area contributed by atoms with Gasteiger partial charge in [-0.2, -0.15) is 0 Å². The molecule has 0 unspecified atom stereocenters. The van der Waals surface area contributed by atoms with Gasteiger partial charge in [-0.3, -0.25) is 4.79 Å². The predicted molar refractivity (Wildman–Crippen MR) is 75.9 cm³/mol.